The van der Waals surface area contributed by atoms with Crippen LogP contribution in [-0.2, 0) is 14.3 Å². The van der Waals surface area contributed by atoms with Crippen molar-refractivity contribution < 1.29 is 14.3 Å². The Morgan fingerprint density at radius 2 is 2.07 bits per heavy atom. The van der Waals surface area contributed by atoms with Crippen molar-refractivity contribution in [2.24, 2.45) is 5.92 Å². The maximum Gasteiger partial charge on any atom is 0.319 e. The minimum Gasteiger partial charge on any atom is -0.468 e. The van der Waals surface area contributed by atoms with E-state index < -0.39 is 0 Å². The van der Waals surface area contributed by atoms with Crippen LogP contribution in [0.3, 0.4) is 0 Å². The molecule has 0 aliphatic carbocycles. The summed E-state index contributed by atoms with van der Waals surface area (Å²) in [7, 11) is 1.41. The lowest BCUT2D eigenvalue weighted by molar-refractivity contribution is -0.142. The summed E-state index contributed by atoms with van der Waals surface area (Å²) >= 11 is 0. The molecule has 0 unspecified atom stereocenters. The third-order valence-electron chi connectivity index (χ3n) is 2.03. The Bertz CT molecular complexity index is 171. The fourth-order valence-electron chi connectivity index (χ4n) is 1.11. The van der Waals surface area contributed by atoms with Gasteiger partial charge in [0.2, 0.25) is 0 Å². The molecule has 0 aromatic heterocycles. The highest BCUT2D eigenvalue weighted by Crippen LogP contribution is 1.94. The second-order valence-corrected chi connectivity index (χ2v) is 3.91. The number of hydrogen-bond acceptors (Lipinski definition) is 4. The van der Waals surface area contributed by atoms with E-state index in [1.165, 1.54) is 7.11 Å². The molecule has 4 nitrogen and oxygen atoms in total. The van der Waals surface area contributed by atoms with Crippen LogP contribution in [0.4, 0.5) is 0 Å². The number of carbonyl (C=O) groups excluding carboxylic acids is 1. The molecule has 0 aliphatic rings. The average molecular weight is 217 g/mol. The van der Waals surface area contributed by atoms with Crippen LogP contribution < -0.4 is 0 Å². The zero-order valence-electron chi connectivity index (χ0n) is 10.3. The summed E-state index contributed by atoms with van der Waals surface area (Å²) in [5.74, 6) is 0.362. The second-order valence-electron chi connectivity index (χ2n) is 3.91. The molecule has 0 saturated heterocycles. The molecule has 0 heterocycles. The maximum absolute atomic E-state index is 11.0. The van der Waals surface area contributed by atoms with Crippen LogP contribution in [0.5, 0.6) is 0 Å². The lowest BCUT2D eigenvalue weighted by Gasteiger charge is -2.18. The van der Waals surface area contributed by atoms with Crippen molar-refractivity contribution in [2.45, 2.75) is 20.8 Å². The van der Waals surface area contributed by atoms with Crippen LogP contribution >= 0.6 is 0 Å². The van der Waals surface area contributed by atoms with Crippen LogP contribution in [0, 0.1) is 5.92 Å². The third kappa shape index (κ3) is 8.39. The summed E-state index contributed by atoms with van der Waals surface area (Å²) in [5.41, 5.74) is 0. The molecule has 0 bridgehead atoms. The summed E-state index contributed by atoms with van der Waals surface area (Å²) in [6, 6.07) is 0. The van der Waals surface area contributed by atoms with E-state index in [1.807, 2.05) is 11.8 Å². The standard InChI is InChI=1S/C11H23NO3/c1-5-12(8-11(13)14-4)6-7-15-9-10(2)3/h10H,5-9H2,1-4H3. The van der Waals surface area contributed by atoms with Crippen LogP contribution in [0.25, 0.3) is 0 Å². The molecule has 15 heavy (non-hydrogen) atoms. The molecule has 0 rings (SSSR count). The Labute approximate surface area is 92.5 Å². The van der Waals surface area contributed by atoms with E-state index in [4.69, 9.17) is 4.74 Å². The molecule has 0 aromatic rings. The normalized spacial score (nSPS) is 11.1. The highest BCUT2D eigenvalue weighted by atomic mass is 16.5. The number of methoxy groups -OCH3 is 1. The average Bonchev–Trinajstić information content (AvgIpc) is 2.21. The van der Waals surface area contributed by atoms with Crippen LogP contribution in [0.2, 0.25) is 0 Å². The van der Waals surface area contributed by atoms with Gasteiger partial charge in [0.15, 0.2) is 0 Å². The minimum atomic E-state index is -0.194. The second kappa shape index (κ2) is 8.68. The van der Waals surface area contributed by atoms with Crippen molar-refractivity contribution in [2.75, 3.05) is 40.0 Å². The molecular weight excluding hydrogens is 194 g/mol. The Morgan fingerprint density at radius 3 is 2.53 bits per heavy atom. The smallest absolute Gasteiger partial charge is 0.319 e. The molecule has 90 valence electrons. The van der Waals surface area contributed by atoms with Gasteiger partial charge in [-0.15, -0.1) is 0 Å². The first kappa shape index (κ1) is 14.4. The molecule has 0 atom stereocenters. The van der Waals surface area contributed by atoms with Gasteiger partial charge in [-0.2, -0.15) is 0 Å². The van der Waals surface area contributed by atoms with E-state index in [1.54, 1.807) is 0 Å². The van der Waals surface area contributed by atoms with Crippen molar-refractivity contribution in [3.63, 3.8) is 0 Å². The lowest BCUT2D eigenvalue weighted by Crippen LogP contribution is -2.33. The summed E-state index contributed by atoms with van der Waals surface area (Å²) < 4.78 is 10.1. The van der Waals surface area contributed by atoms with E-state index >= 15 is 0 Å². The fourth-order valence-corrected chi connectivity index (χ4v) is 1.11. The number of hydrogen-bond donors (Lipinski definition) is 0. The van der Waals surface area contributed by atoms with E-state index in [9.17, 15) is 4.79 Å². The van der Waals surface area contributed by atoms with Crippen molar-refractivity contribution >= 4 is 5.97 Å². The fraction of sp³-hybridized carbons (Fsp3) is 0.909. The van der Waals surface area contributed by atoms with Gasteiger partial charge < -0.3 is 9.47 Å². The number of ether oxygens (including phenoxy) is 2. The van der Waals surface area contributed by atoms with Crippen molar-refractivity contribution in [3.8, 4) is 0 Å². The van der Waals surface area contributed by atoms with E-state index in [0.717, 1.165) is 19.7 Å². The Morgan fingerprint density at radius 1 is 1.40 bits per heavy atom. The summed E-state index contributed by atoms with van der Waals surface area (Å²) in [5, 5.41) is 0. The number of carbonyl (C=O) groups is 1. The van der Waals surface area contributed by atoms with Crippen molar-refractivity contribution in [1.82, 2.24) is 4.90 Å². The third-order valence-corrected chi connectivity index (χ3v) is 2.03. The molecule has 4 heteroatoms. The molecule has 0 N–H and O–H groups in total. The molecular formula is C11H23NO3. The predicted molar refractivity (Wildman–Crippen MR) is 59.8 cm³/mol. The van der Waals surface area contributed by atoms with E-state index in [-0.39, 0.29) is 5.97 Å². The zero-order valence-corrected chi connectivity index (χ0v) is 10.3. The highest BCUT2D eigenvalue weighted by molar-refractivity contribution is 5.71. The van der Waals surface area contributed by atoms with Gasteiger partial charge in [-0.05, 0) is 12.5 Å². The number of nitrogens with zero attached hydrogens (tertiary/aromatic N) is 1. The van der Waals surface area contributed by atoms with E-state index in [0.29, 0.717) is 19.1 Å². The largest absolute Gasteiger partial charge is 0.468 e. The van der Waals surface area contributed by atoms with E-state index in [2.05, 4.69) is 18.6 Å². The number of likely N-dealkylation sites (N-methyl/N-ethyl adjacent to an activating group) is 1. The van der Waals surface area contributed by atoms with Crippen molar-refractivity contribution in [3.05, 3.63) is 0 Å². The first-order chi connectivity index (χ1) is 7.10. The Balaban J connectivity index is 3.57. The topological polar surface area (TPSA) is 38.8 Å². The van der Waals surface area contributed by atoms with Gasteiger partial charge in [-0.1, -0.05) is 20.8 Å². The Kier molecular flexibility index (Phi) is 8.33. The SMILES string of the molecule is CCN(CCOCC(C)C)CC(=O)OC. The first-order valence-corrected chi connectivity index (χ1v) is 5.47. The molecule has 0 aromatic carbocycles. The molecule has 0 spiro atoms. The van der Waals surface area contributed by atoms with Gasteiger partial charge in [0.1, 0.15) is 0 Å². The molecule has 0 amide bonds. The molecule has 0 aliphatic heterocycles. The van der Waals surface area contributed by atoms with Gasteiger partial charge in [0.05, 0.1) is 20.3 Å². The highest BCUT2D eigenvalue weighted by Gasteiger charge is 2.08. The molecule has 0 radical (unpaired) electrons. The number of esters is 1. The van der Waals surface area contributed by atoms with Gasteiger partial charge >= 0.3 is 5.97 Å². The lowest BCUT2D eigenvalue weighted by atomic mass is 10.2. The van der Waals surface area contributed by atoms with Gasteiger partial charge in [0.25, 0.3) is 0 Å². The van der Waals surface area contributed by atoms with Crippen molar-refractivity contribution in [1.29, 1.82) is 0 Å². The Hall–Kier alpha value is -0.610. The number of rotatable bonds is 8. The van der Waals surface area contributed by atoms with Crippen LogP contribution in [0.15, 0.2) is 0 Å². The van der Waals surface area contributed by atoms with Crippen LogP contribution in [-0.4, -0.2) is 50.8 Å². The molecule has 0 fully saturated rings. The van der Waals surface area contributed by atoms with Gasteiger partial charge in [0, 0.05) is 13.2 Å². The summed E-state index contributed by atoms with van der Waals surface area (Å²) in [6.45, 7) is 9.65. The van der Waals surface area contributed by atoms with Gasteiger partial charge in [-0.3, -0.25) is 9.69 Å². The summed E-state index contributed by atoms with van der Waals surface area (Å²) in [4.78, 5) is 13.0. The summed E-state index contributed by atoms with van der Waals surface area (Å²) in [6.07, 6.45) is 0. The monoisotopic (exact) mass is 217 g/mol. The zero-order chi connectivity index (χ0) is 11.7. The maximum atomic E-state index is 11.0. The van der Waals surface area contributed by atoms with Crippen LogP contribution in [0.1, 0.15) is 20.8 Å². The first-order valence-electron chi connectivity index (χ1n) is 5.47. The quantitative estimate of drug-likeness (QED) is 0.451. The minimum absolute atomic E-state index is 0.194. The molecule has 0 saturated carbocycles. The predicted octanol–water partition coefficient (Wildman–Crippen LogP) is 1.15. The van der Waals surface area contributed by atoms with Gasteiger partial charge in [-0.25, -0.2) is 0 Å².